The minimum absolute atomic E-state index is 0. The smallest absolute Gasteiger partial charge is 0.337 e. The van der Waals surface area contributed by atoms with E-state index in [0.717, 1.165) is 48.2 Å². The van der Waals surface area contributed by atoms with Crippen molar-refractivity contribution >= 4 is 47.2 Å². The van der Waals surface area contributed by atoms with Crippen molar-refractivity contribution in [3.8, 4) is 0 Å². The first-order chi connectivity index (χ1) is 13.0. The number of aromatic nitrogens is 1. The zero-order valence-corrected chi connectivity index (χ0v) is 20.0. The zero-order valence-electron chi connectivity index (χ0n) is 16.9. The maximum Gasteiger partial charge on any atom is 0.337 e. The van der Waals surface area contributed by atoms with Crippen molar-refractivity contribution in [2.75, 3.05) is 26.7 Å². The molecule has 2 aromatic rings. The minimum atomic E-state index is -0.313. The predicted molar refractivity (Wildman–Crippen MR) is 126 cm³/mol. The molecule has 0 aliphatic heterocycles. The van der Waals surface area contributed by atoms with Crippen LogP contribution in [0.15, 0.2) is 29.3 Å². The highest BCUT2D eigenvalue weighted by atomic mass is 127. The van der Waals surface area contributed by atoms with E-state index in [0.29, 0.717) is 12.1 Å². The molecule has 2 rings (SSSR count). The number of esters is 1. The van der Waals surface area contributed by atoms with E-state index >= 15 is 0 Å². The first-order valence-corrected chi connectivity index (χ1v) is 9.97. The average molecular weight is 516 g/mol. The van der Waals surface area contributed by atoms with E-state index < -0.39 is 0 Å². The Bertz CT molecular complexity index is 756. The molecule has 154 valence electrons. The number of halogens is 1. The number of hydrogen-bond donors (Lipinski definition) is 2. The molecule has 0 atom stereocenters. The number of nitrogens with one attached hydrogen (secondary N) is 2. The minimum Gasteiger partial charge on any atom is -0.465 e. The van der Waals surface area contributed by atoms with Crippen LogP contribution in [0.5, 0.6) is 0 Å². The molecule has 0 fully saturated rings. The Morgan fingerprint density at radius 1 is 1.18 bits per heavy atom. The summed E-state index contributed by atoms with van der Waals surface area (Å²) in [5.41, 5.74) is 2.83. The van der Waals surface area contributed by atoms with Gasteiger partial charge in [-0.2, -0.15) is 0 Å². The van der Waals surface area contributed by atoms with Crippen LogP contribution in [0, 0.1) is 13.8 Å². The molecule has 0 aliphatic rings. The van der Waals surface area contributed by atoms with Crippen LogP contribution in [0.25, 0.3) is 0 Å². The third-order valence-corrected chi connectivity index (χ3v) is 5.23. The van der Waals surface area contributed by atoms with Crippen LogP contribution < -0.4 is 10.6 Å². The van der Waals surface area contributed by atoms with Gasteiger partial charge >= 0.3 is 5.97 Å². The van der Waals surface area contributed by atoms with E-state index in [-0.39, 0.29) is 29.9 Å². The maximum atomic E-state index is 11.5. The van der Waals surface area contributed by atoms with Gasteiger partial charge in [0, 0.05) is 30.9 Å². The molecule has 0 radical (unpaired) electrons. The van der Waals surface area contributed by atoms with Crippen molar-refractivity contribution in [1.82, 2.24) is 15.6 Å². The summed E-state index contributed by atoms with van der Waals surface area (Å²) in [6.07, 6.45) is 1.70. The van der Waals surface area contributed by atoms with Gasteiger partial charge in [0.2, 0.25) is 0 Å². The van der Waals surface area contributed by atoms with E-state index in [1.165, 1.54) is 12.0 Å². The lowest BCUT2D eigenvalue weighted by atomic mass is 10.1. The number of rotatable bonds is 8. The van der Waals surface area contributed by atoms with Gasteiger partial charge in [-0.1, -0.05) is 12.1 Å². The summed E-state index contributed by atoms with van der Waals surface area (Å²) >= 11 is 1.75. The fraction of sp³-hybridized carbons (Fsp3) is 0.450. The zero-order chi connectivity index (χ0) is 19.6. The van der Waals surface area contributed by atoms with Crippen LogP contribution in [-0.4, -0.2) is 43.7 Å². The number of ether oxygens (including phenoxy) is 1. The Morgan fingerprint density at radius 3 is 2.46 bits per heavy atom. The van der Waals surface area contributed by atoms with Gasteiger partial charge in [0.1, 0.15) is 0 Å². The number of guanidine groups is 1. The molecular weight excluding hydrogens is 487 g/mol. The van der Waals surface area contributed by atoms with Crippen molar-refractivity contribution in [1.29, 1.82) is 0 Å². The Hall–Kier alpha value is -1.68. The van der Waals surface area contributed by atoms with E-state index in [2.05, 4.69) is 34.5 Å². The van der Waals surface area contributed by atoms with E-state index in [9.17, 15) is 4.79 Å². The third-order valence-electron chi connectivity index (χ3n) is 4.09. The number of aliphatic imine (C=N–C) groups is 1. The second kappa shape index (κ2) is 12.7. The molecule has 1 heterocycles. The summed E-state index contributed by atoms with van der Waals surface area (Å²) in [7, 11) is 1.39. The summed E-state index contributed by atoms with van der Waals surface area (Å²) in [6.45, 7) is 8.48. The largest absolute Gasteiger partial charge is 0.465 e. The van der Waals surface area contributed by atoms with Crippen molar-refractivity contribution in [2.24, 2.45) is 4.99 Å². The molecule has 8 heteroatoms. The topological polar surface area (TPSA) is 75.6 Å². The average Bonchev–Trinajstić information content (AvgIpc) is 2.99. The standard InChI is InChI=1S/C20H28N4O2S.HI/c1-5-21-20(23-13-11-18-24-14(2)15(3)27-18)22-12-10-16-6-8-17(9-7-16)19(25)26-4;/h6-9H,5,10-13H2,1-4H3,(H2,21,22,23);1H. The van der Waals surface area contributed by atoms with Crippen molar-refractivity contribution < 1.29 is 9.53 Å². The van der Waals surface area contributed by atoms with Gasteiger partial charge < -0.3 is 15.4 Å². The van der Waals surface area contributed by atoms with Gasteiger partial charge in [0.05, 0.1) is 23.4 Å². The first kappa shape index (κ1) is 24.4. The summed E-state index contributed by atoms with van der Waals surface area (Å²) < 4.78 is 4.71. The fourth-order valence-electron chi connectivity index (χ4n) is 2.50. The molecule has 0 saturated carbocycles. The van der Waals surface area contributed by atoms with Crippen LogP contribution in [0.3, 0.4) is 0 Å². The number of aryl methyl sites for hydroxylation is 2. The molecule has 0 unspecified atom stereocenters. The highest BCUT2D eigenvalue weighted by Gasteiger charge is 2.05. The van der Waals surface area contributed by atoms with Crippen LogP contribution in [-0.2, 0) is 17.6 Å². The van der Waals surface area contributed by atoms with E-state index in [1.54, 1.807) is 23.5 Å². The molecule has 0 saturated heterocycles. The number of carbonyl (C=O) groups is 1. The second-order valence-electron chi connectivity index (χ2n) is 6.13. The molecule has 6 nitrogen and oxygen atoms in total. The Kier molecular flexibility index (Phi) is 11.1. The fourth-order valence-corrected chi connectivity index (χ4v) is 3.42. The SMILES string of the molecule is CCNC(=NCCc1nc(C)c(C)s1)NCCc1ccc(C(=O)OC)cc1.I. The number of benzene rings is 1. The van der Waals surface area contributed by atoms with Crippen LogP contribution in [0.1, 0.15) is 38.4 Å². The molecule has 0 bridgehead atoms. The van der Waals surface area contributed by atoms with Gasteiger partial charge in [0.25, 0.3) is 0 Å². The molecule has 28 heavy (non-hydrogen) atoms. The first-order valence-electron chi connectivity index (χ1n) is 9.15. The Balaban J connectivity index is 0.00000392. The summed E-state index contributed by atoms with van der Waals surface area (Å²) in [5, 5.41) is 7.75. The molecule has 2 N–H and O–H groups in total. The van der Waals surface area contributed by atoms with Crippen LogP contribution in [0.2, 0.25) is 0 Å². The maximum absolute atomic E-state index is 11.5. The van der Waals surface area contributed by atoms with Crippen molar-refractivity contribution in [3.63, 3.8) is 0 Å². The lowest BCUT2D eigenvalue weighted by Crippen LogP contribution is -2.38. The monoisotopic (exact) mass is 516 g/mol. The molecule has 0 spiro atoms. The van der Waals surface area contributed by atoms with Crippen molar-refractivity contribution in [2.45, 2.75) is 33.6 Å². The molecule has 1 aromatic carbocycles. The van der Waals surface area contributed by atoms with E-state index in [1.807, 2.05) is 19.1 Å². The Morgan fingerprint density at radius 2 is 1.89 bits per heavy atom. The lowest BCUT2D eigenvalue weighted by molar-refractivity contribution is 0.0600. The van der Waals surface area contributed by atoms with Crippen LogP contribution >= 0.6 is 35.3 Å². The van der Waals surface area contributed by atoms with E-state index in [4.69, 9.17) is 4.74 Å². The molecule has 0 amide bonds. The van der Waals surface area contributed by atoms with Gasteiger partial charge in [0.15, 0.2) is 5.96 Å². The number of methoxy groups -OCH3 is 1. The van der Waals surface area contributed by atoms with Gasteiger partial charge in [-0.15, -0.1) is 35.3 Å². The highest BCUT2D eigenvalue weighted by Crippen LogP contribution is 2.16. The number of hydrogen-bond acceptors (Lipinski definition) is 5. The molecule has 0 aliphatic carbocycles. The van der Waals surface area contributed by atoms with Gasteiger partial charge in [-0.05, 0) is 44.9 Å². The summed E-state index contributed by atoms with van der Waals surface area (Å²) in [4.78, 5) is 21.9. The quantitative estimate of drug-likeness (QED) is 0.243. The van der Waals surface area contributed by atoms with Gasteiger partial charge in [-0.25, -0.2) is 9.78 Å². The summed E-state index contributed by atoms with van der Waals surface area (Å²) in [6, 6.07) is 7.48. The Labute approximate surface area is 188 Å². The predicted octanol–water partition coefficient (Wildman–Crippen LogP) is 3.50. The second-order valence-corrected chi connectivity index (χ2v) is 7.41. The highest BCUT2D eigenvalue weighted by molar-refractivity contribution is 14.0. The number of carbonyl (C=O) groups excluding carboxylic acids is 1. The third kappa shape index (κ3) is 7.75. The number of nitrogens with zero attached hydrogens (tertiary/aromatic N) is 2. The molecular formula is C20H29IN4O2S. The van der Waals surface area contributed by atoms with Gasteiger partial charge in [-0.3, -0.25) is 4.99 Å². The normalized spacial score (nSPS) is 10.9. The number of thiazole rings is 1. The molecule has 1 aromatic heterocycles. The van der Waals surface area contributed by atoms with Crippen molar-refractivity contribution in [3.05, 3.63) is 51.0 Å². The van der Waals surface area contributed by atoms with Crippen LogP contribution in [0.4, 0.5) is 0 Å². The summed E-state index contributed by atoms with van der Waals surface area (Å²) in [5.74, 6) is 0.500. The lowest BCUT2D eigenvalue weighted by Gasteiger charge is -2.11.